The van der Waals surface area contributed by atoms with Crippen LogP contribution < -0.4 is 4.72 Å². The topological polar surface area (TPSA) is 66.4 Å². The smallest absolute Gasteiger partial charge is 0.262 e. The van der Waals surface area contributed by atoms with Crippen molar-refractivity contribution in [3.63, 3.8) is 0 Å². The molecule has 0 aliphatic rings. The number of hydrogen-bond acceptors (Lipinski definition) is 3. The van der Waals surface area contributed by atoms with Crippen molar-refractivity contribution in [2.24, 2.45) is 0 Å². The molecule has 2 aromatic carbocycles. The normalized spacial score (nSPS) is 11.6. The molecule has 124 valence electrons. The van der Waals surface area contributed by atoms with Gasteiger partial charge in [0.2, 0.25) is 0 Å². The van der Waals surface area contributed by atoms with Gasteiger partial charge in [-0.25, -0.2) is 8.42 Å². The fourth-order valence-electron chi connectivity index (χ4n) is 2.45. The molecule has 0 atom stereocenters. The predicted molar refractivity (Wildman–Crippen MR) is 94.6 cm³/mol. The minimum absolute atomic E-state index is 0.00107. The summed E-state index contributed by atoms with van der Waals surface area (Å²) in [5.41, 5.74) is 2.19. The number of hydrogen-bond donors (Lipinski definition) is 2. The zero-order valence-electron chi connectivity index (χ0n) is 12.5. The van der Waals surface area contributed by atoms with E-state index in [9.17, 15) is 13.5 Å². The van der Waals surface area contributed by atoms with Gasteiger partial charge in [0.1, 0.15) is 5.02 Å². The van der Waals surface area contributed by atoms with Gasteiger partial charge in [0.15, 0.2) is 5.75 Å². The Bertz CT molecular complexity index is 872. The Morgan fingerprint density at radius 1 is 0.957 bits per heavy atom. The molecular weight excluding hydrogens is 381 g/mol. The summed E-state index contributed by atoms with van der Waals surface area (Å²) in [5, 5.41) is 9.18. The molecule has 2 rings (SSSR count). The number of anilines is 1. The van der Waals surface area contributed by atoms with Crippen LogP contribution in [0.15, 0.2) is 23.1 Å². The van der Waals surface area contributed by atoms with E-state index in [0.29, 0.717) is 11.1 Å². The Labute approximate surface area is 150 Å². The van der Waals surface area contributed by atoms with Crippen LogP contribution in [0.25, 0.3) is 0 Å². The van der Waals surface area contributed by atoms with E-state index in [2.05, 4.69) is 4.72 Å². The average molecular weight is 395 g/mol. The lowest BCUT2D eigenvalue weighted by Gasteiger charge is -2.16. The van der Waals surface area contributed by atoms with Crippen LogP contribution in [0.2, 0.25) is 15.1 Å². The average Bonchev–Trinajstić information content (AvgIpc) is 2.40. The predicted octanol–water partition coefficient (Wildman–Crippen LogP) is 5.08. The summed E-state index contributed by atoms with van der Waals surface area (Å²) < 4.78 is 27.8. The van der Waals surface area contributed by atoms with Crippen LogP contribution in [0.5, 0.6) is 5.75 Å². The largest absolute Gasteiger partial charge is 0.505 e. The highest BCUT2D eigenvalue weighted by Crippen LogP contribution is 2.42. The first kappa shape index (κ1) is 18.2. The van der Waals surface area contributed by atoms with Gasteiger partial charge in [-0.1, -0.05) is 52.5 Å². The maximum absolute atomic E-state index is 12.7. The standard InChI is InChI=1S/C15H14Cl3NO3S/c1-7-4-8(2)15(9(3)5-7)23(21,22)19-11-6-10(16)14(20)13(18)12(11)17/h4-6,19-20H,1-3H3. The highest BCUT2D eigenvalue weighted by molar-refractivity contribution is 7.92. The van der Waals surface area contributed by atoms with E-state index in [4.69, 9.17) is 34.8 Å². The summed E-state index contributed by atoms with van der Waals surface area (Å²) in [5.74, 6) is -0.399. The number of rotatable bonds is 3. The number of aromatic hydroxyl groups is 1. The monoisotopic (exact) mass is 393 g/mol. The summed E-state index contributed by atoms with van der Waals surface area (Å²) in [6.07, 6.45) is 0. The second kappa shape index (κ2) is 6.40. The summed E-state index contributed by atoms with van der Waals surface area (Å²) in [6.45, 7) is 5.32. The second-order valence-electron chi connectivity index (χ2n) is 5.22. The minimum atomic E-state index is -3.89. The van der Waals surface area contributed by atoms with E-state index in [1.807, 2.05) is 6.92 Å². The van der Waals surface area contributed by atoms with Crippen molar-refractivity contribution in [1.82, 2.24) is 0 Å². The van der Waals surface area contributed by atoms with Crippen molar-refractivity contribution in [2.45, 2.75) is 25.7 Å². The zero-order valence-corrected chi connectivity index (χ0v) is 15.6. The minimum Gasteiger partial charge on any atom is -0.505 e. The molecular formula is C15H14Cl3NO3S. The molecule has 0 aromatic heterocycles. The molecule has 0 aliphatic carbocycles. The number of sulfonamides is 1. The highest BCUT2D eigenvalue weighted by atomic mass is 35.5. The third-order valence-electron chi connectivity index (χ3n) is 3.25. The molecule has 8 heteroatoms. The van der Waals surface area contributed by atoms with Crippen molar-refractivity contribution >= 4 is 50.5 Å². The fourth-order valence-corrected chi connectivity index (χ4v) is 4.67. The van der Waals surface area contributed by atoms with E-state index in [1.54, 1.807) is 26.0 Å². The first-order valence-corrected chi connectivity index (χ1v) is 9.13. The number of phenols is 1. The molecule has 0 bridgehead atoms. The van der Waals surface area contributed by atoms with Gasteiger partial charge in [-0.3, -0.25) is 4.72 Å². The molecule has 0 amide bonds. The fraction of sp³-hybridized carbons (Fsp3) is 0.200. The molecule has 0 aliphatic heterocycles. The van der Waals surface area contributed by atoms with Gasteiger partial charge in [-0.05, 0) is 38.0 Å². The Morgan fingerprint density at radius 3 is 2.00 bits per heavy atom. The van der Waals surface area contributed by atoms with E-state index in [-0.39, 0.29) is 25.7 Å². The van der Waals surface area contributed by atoms with Crippen molar-refractivity contribution in [3.8, 4) is 5.75 Å². The Kier molecular flexibility index (Phi) is 5.06. The number of benzene rings is 2. The number of nitrogens with one attached hydrogen (secondary N) is 1. The number of halogens is 3. The van der Waals surface area contributed by atoms with Crippen molar-refractivity contribution < 1.29 is 13.5 Å². The van der Waals surface area contributed by atoms with E-state index < -0.39 is 15.8 Å². The molecule has 0 spiro atoms. The first-order chi connectivity index (χ1) is 10.5. The maximum atomic E-state index is 12.7. The summed E-state index contributed by atoms with van der Waals surface area (Å²) in [4.78, 5) is 0.166. The van der Waals surface area contributed by atoms with E-state index in [0.717, 1.165) is 5.56 Å². The molecule has 0 unspecified atom stereocenters. The van der Waals surface area contributed by atoms with Gasteiger partial charge in [0, 0.05) is 0 Å². The SMILES string of the molecule is Cc1cc(C)c(S(=O)(=O)Nc2cc(Cl)c(O)c(Cl)c2Cl)c(C)c1. The first-order valence-electron chi connectivity index (χ1n) is 6.51. The lowest BCUT2D eigenvalue weighted by atomic mass is 10.1. The molecule has 0 saturated carbocycles. The number of phenolic OH excluding ortho intramolecular Hbond substituents is 1. The second-order valence-corrected chi connectivity index (χ2v) is 8.00. The van der Waals surface area contributed by atoms with Gasteiger partial charge in [0.25, 0.3) is 10.0 Å². The van der Waals surface area contributed by atoms with Crippen molar-refractivity contribution in [2.75, 3.05) is 4.72 Å². The molecule has 0 fully saturated rings. The molecule has 4 nitrogen and oxygen atoms in total. The Balaban J connectivity index is 2.57. The van der Waals surface area contributed by atoms with Gasteiger partial charge in [0.05, 0.1) is 20.6 Å². The summed E-state index contributed by atoms with van der Waals surface area (Å²) in [7, 11) is -3.89. The van der Waals surface area contributed by atoms with Crippen LogP contribution in [0.1, 0.15) is 16.7 Å². The number of aryl methyl sites for hydroxylation is 3. The van der Waals surface area contributed by atoms with Crippen molar-refractivity contribution in [1.29, 1.82) is 0 Å². The van der Waals surface area contributed by atoms with Gasteiger partial charge >= 0.3 is 0 Å². The molecule has 0 saturated heterocycles. The van der Waals surface area contributed by atoms with Crippen LogP contribution >= 0.6 is 34.8 Å². The molecule has 0 radical (unpaired) electrons. The van der Waals surface area contributed by atoms with Gasteiger partial charge in [-0.15, -0.1) is 0 Å². The summed E-state index contributed by atoms with van der Waals surface area (Å²) in [6, 6.07) is 4.77. The lowest BCUT2D eigenvalue weighted by molar-refractivity contribution is 0.476. The van der Waals surface area contributed by atoms with Crippen LogP contribution in [0.4, 0.5) is 5.69 Å². The van der Waals surface area contributed by atoms with Crippen LogP contribution in [-0.2, 0) is 10.0 Å². The van der Waals surface area contributed by atoms with Crippen LogP contribution in [0, 0.1) is 20.8 Å². The Morgan fingerprint density at radius 2 is 1.48 bits per heavy atom. The van der Waals surface area contributed by atoms with E-state index >= 15 is 0 Å². The van der Waals surface area contributed by atoms with Gasteiger partial charge < -0.3 is 5.11 Å². The molecule has 0 heterocycles. The van der Waals surface area contributed by atoms with Gasteiger partial charge in [-0.2, -0.15) is 0 Å². The maximum Gasteiger partial charge on any atom is 0.262 e. The quantitative estimate of drug-likeness (QED) is 0.563. The lowest BCUT2D eigenvalue weighted by Crippen LogP contribution is -2.16. The van der Waals surface area contributed by atoms with Crippen LogP contribution in [-0.4, -0.2) is 13.5 Å². The third-order valence-corrected chi connectivity index (χ3v) is 6.07. The highest BCUT2D eigenvalue weighted by Gasteiger charge is 2.23. The van der Waals surface area contributed by atoms with Crippen LogP contribution in [0.3, 0.4) is 0 Å². The van der Waals surface area contributed by atoms with E-state index in [1.165, 1.54) is 6.07 Å². The van der Waals surface area contributed by atoms with Crippen molar-refractivity contribution in [3.05, 3.63) is 50.0 Å². The molecule has 23 heavy (non-hydrogen) atoms. The third kappa shape index (κ3) is 3.53. The molecule has 2 N–H and O–H groups in total. The molecule has 2 aromatic rings. The summed E-state index contributed by atoms with van der Waals surface area (Å²) >= 11 is 17.7. The zero-order chi connectivity index (χ0) is 17.5. The Hall–Kier alpha value is -1.14.